The molecule has 4 rings (SSSR count). The summed E-state index contributed by atoms with van der Waals surface area (Å²) in [5.41, 5.74) is 0.435. The van der Waals surface area contributed by atoms with Crippen molar-refractivity contribution >= 4 is 42.4 Å². The Kier molecular flexibility index (Phi) is 5.84. The topological polar surface area (TPSA) is 85.2 Å². The summed E-state index contributed by atoms with van der Waals surface area (Å²) in [5.74, 6) is -0.847. The second-order valence-electron chi connectivity index (χ2n) is 6.99. The number of carbonyl (C=O) groups excluding carboxylic acids is 1. The third kappa shape index (κ3) is 4.64. The zero-order valence-electron chi connectivity index (χ0n) is 16.6. The van der Waals surface area contributed by atoms with Crippen LogP contribution in [0.25, 0.3) is 10.2 Å². The van der Waals surface area contributed by atoms with Gasteiger partial charge in [-0.25, -0.2) is 22.8 Å². The van der Waals surface area contributed by atoms with Gasteiger partial charge in [-0.05, 0) is 36.8 Å². The van der Waals surface area contributed by atoms with E-state index < -0.39 is 21.6 Å². The van der Waals surface area contributed by atoms with Crippen LogP contribution in [0.1, 0.15) is 16.8 Å². The van der Waals surface area contributed by atoms with Crippen molar-refractivity contribution in [3.63, 3.8) is 0 Å². The monoisotopic (exact) mass is 458 g/mol. The average Bonchev–Trinajstić information content (AvgIpc) is 3.41. The molecule has 0 N–H and O–H groups in total. The highest BCUT2D eigenvalue weighted by Crippen LogP contribution is 2.31. The highest BCUT2D eigenvalue weighted by atomic mass is 32.2. The van der Waals surface area contributed by atoms with E-state index in [-0.39, 0.29) is 16.0 Å². The zero-order valence-corrected chi connectivity index (χ0v) is 18.2. The smallest absolute Gasteiger partial charge is 0.260 e. The number of carbonyl (C=O) groups is 1. The van der Waals surface area contributed by atoms with Crippen LogP contribution in [0.5, 0.6) is 0 Å². The van der Waals surface area contributed by atoms with Crippen molar-refractivity contribution < 1.29 is 17.6 Å². The number of benzene rings is 2. The van der Waals surface area contributed by atoms with Crippen molar-refractivity contribution in [3.05, 3.63) is 72.6 Å². The minimum absolute atomic E-state index is 0.0621. The molecule has 4 aromatic rings. The van der Waals surface area contributed by atoms with Gasteiger partial charge in [0.2, 0.25) is 0 Å². The number of imidazole rings is 1. The number of hydrogen-bond acceptors (Lipinski definition) is 6. The summed E-state index contributed by atoms with van der Waals surface area (Å²) in [6, 6.07) is 10.6. The van der Waals surface area contributed by atoms with Crippen LogP contribution in [0, 0.1) is 5.82 Å². The van der Waals surface area contributed by atoms with Crippen LogP contribution in [0.3, 0.4) is 0 Å². The second kappa shape index (κ2) is 8.56. The molecule has 2 heterocycles. The molecule has 0 aliphatic carbocycles. The number of aromatic nitrogens is 3. The summed E-state index contributed by atoms with van der Waals surface area (Å²) < 4.78 is 40.5. The van der Waals surface area contributed by atoms with E-state index in [1.807, 2.05) is 10.8 Å². The fourth-order valence-corrected chi connectivity index (χ4v) is 4.82. The highest BCUT2D eigenvalue weighted by Gasteiger charge is 2.23. The largest absolute Gasteiger partial charge is 0.337 e. The van der Waals surface area contributed by atoms with Crippen LogP contribution in [-0.2, 0) is 16.4 Å². The molecule has 160 valence electrons. The molecular formula is C21H19FN4O3S2. The second-order valence-corrected chi connectivity index (χ2v) is 10.0. The number of rotatable bonds is 7. The van der Waals surface area contributed by atoms with E-state index in [2.05, 4.69) is 9.97 Å². The standard InChI is InChI=1S/C21H19FN4O3S2/c1-31(28,29)16-6-2-5-15(13-16)20(27)26(11-4-10-25-12-9-23-14-25)21-24-19-17(22)7-3-8-18(19)30-21/h2-3,5-9,12-14H,4,10-11H2,1H3. The van der Waals surface area contributed by atoms with Gasteiger partial charge in [0.15, 0.2) is 15.0 Å². The Morgan fingerprint density at radius 1 is 1.23 bits per heavy atom. The summed E-state index contributed by atoms with van der Waals surface area (Å²) in [5, 5.41) is 0.362. The van der Waals surface area contributed by atoms with Crippen LogP contribution >= 0.6 is 11.3 Å². The van der Waals surface area contributed by atoms with Crippen molar-refractivity contribution in [2.75, 3.05) is 17.7 Å². The highest BCUT2D eigenvalue weighted by molar-refractivity contribution is 7.90. The molecule has 0 unspecified atom stereocenters. The first-order chi connectivity index (χ1) is 14.8. The number of aryl methyl sites for hydroxylation is 1. The van der Waals surface area contributed by atoms with Gasteiger partial charge < -0.3 is 4.57 Å². The molecule has 0 saturated carbocycles. The molecular weight excluding hydrogens is 439 g/mol. The number of amides is 1. The lowest BCUT2D eigenvalue weighted by Crippen LogP contribution is -2.32. The van der Waals surface area contributed by atoms with E-state index in [9.17, 15) is 17.6 Å². The summed E-state index contributed by atoms with van der Waals surface area (Å²) in [4.78, 5) is 23.3. The maximum absolute atomic E-state index is 14.2. The van der Waals surface area contributed by atoms with E-state index in [0.29, 0.717) is 29.3 Å². The lowest BCUT2D eigenvalue weighted by molar-refractivity contribution is 0.0986. The molecule has 31 heavy (non-hydrogen) atoms. The molecule has 0 bridgehead atoms. The Morgan fingerprint density at radius 3 is 2.74 bits per heavy atom. The Hall–Kier alpha value is -3.11. The molecule has 0 aliphatic rings. The average molecular weight is 459 g/mol. The van der Waals surface area contributed by atoms with Crippen molar-refractivity contribution in [2.24, 2.45) is 0 Å². The predicted octanol–water partition coefficient (Wildman–Crippen LogP) is 3.77. The van der Waals surface area contributed by atoms with Crippen LogP contribution in [0.15, 0.2) is 66.1 Å². The third-order valence-corrected chi connectivity index (χ3v) is 6.85. The minimum Gasteiger partial charge on any atom is -0.337 e. The van der Waals surface area contributed by atoms with Crippen LogP contribution in [0.2, 0.25) is 0 Å². The quantitative estimate of drug-likeness (QED) is 0.421. The summed E-state index contributed by atoms with van der Waals surface area (Å²) in [6.07, 6.45) is 6.89. The Labute approximate surface area is 182 Å². The number of fused-ring (bicyclic) bond motifs is 1. The summed E-state index contributed by atoms with van der Waals surface area (Å²) in [7, 11) is -3.47. The van der Waals surface area contributed by atoms with Crippen LogP contribution < -0.4 is 4.90 Å². The number of thiazole rings is 1. The lowest BCUT2D eigenvalue weighted by atomic mass is 10.2. The van der Waals surface area contributed by atoms with Gasteiger partial charge in [0, 0.05) is 37.3 Å². The summed E-state index contributed by atoms with van der Waals surface area (Å²) in [6.45, 7) is 0.952. The van der Waals surface area contributed by atoms with Crippen molar-refractivity contribution in [1.82, 2.24) is 14.5 Å². The van der Waals surface area contributed by atoms with Gasteiger partial charge in [-0.2, -0.15) is 0 Å². The van der Waals surface area contributed by atoms with Crippen LogP contribution in [-0.4, -0.2) is 41.7 Å². The van der Waals surface area contributed by atoms with Gasteiger partial charge in [0.05, 0.1) is 15.9 Å². The Balaban J connectivity index is 1.68. The molecule has 7 nitrogen and oxygen atoms in total. The fraction of sp³-hybridized carbons (Fsp3) is 0.190. The number of halogens is 1. The van der Waals surface area contributed by atoms with Gasteiger partial charge in [-0.15, -0.1) is 0 Å². The Morgan fingerprint density at radius 2 is 2.03 bits per heavy atom. The zero-order chi connectivity index (χ0) is 22.0. The lowest BCUT2D eigenvalue weighted by Gasteiger charge is -2.20. The van der Waals surface area contributed by atoms with Crippen molar-refractivity contribution in [2.45, 2.75) is 17.9 Å². The molecule has 0 spiro atoms. The molecule has 0 atom stereocenters. The normalized spacial score (nSPS) is 11.7. The number of sulfone groups is 1. The SMILES string of the molecule is CS(=O)(=O)c1cccc(C(=O)N(CCCn2ccnc2)c2nc3c(F)cccc3s2)c1. The van der Waals surface area contributed by atoms with E-state index in [0.717, 1.165) is 6.26 Å². The first kappa shape index (κ1) is 21.1. The predicted molar refractivity (Wildman–Crippen MR) is 118 cm³/mol. The maximum Gasteiger partial charge on any atom is 0.260 e. The van der Waals surface area contributed by atoms with E-state index in [1.54, 1.807) is 30.7 Å². The van der Waals surface area contributed by atoms with Gasteiger partial charge >= 0.3 is 0 Å². The first-order valence-corrected chi connectivity index (χ1v) is 12.2. The number of para-hydroxylation sites is 1. The molecule has 2 aromatic carbocycles. The number of anilines is 1. The number of hydrogen-bond donors (Lipinski definition) is 0. The van der Waals surface area contributed by atoms with Gasteiger partial charge in [0.25, 0.3) is 5.91 Å². The van der Waals surface area contributed by atoms with E-state index in [1.165, 1.54) is 40.5 Å². The Bertz CT molecular complexity index is 1330. The minimum atomic E-state index is -3.47. The molecule has 10 heteroatoms. The maximum atomic E-state index is 14.2. The van der Waals surface area contributed by atoms with E-state index >= 15 is 0 Å². The molecule has 0 aliphatic heterocycles. The third-order valence-electron chi connectivity index (χ3n) is 4.70. The molecule has 0 saturated heterocycles. The first-order valence-electron chi connectivity index (χ1n) is 9.46. The van der Waals surface area contributed by atoms with Gasteiger partial charge in [-0.3, -0.25) is 9.69 Å². The van der Waals surface area contributed by atoms with E-state index in [4.69, 9.17) is 0 Å². The molecule has 2 aromatic heterocycles. The molecule has 0 radical (unpaired) electrons. The molecule has 1 amide bonds. The van der Waals surface area contributed by atoms with Crippen LogP contribution in [0.4, 0.5) is 9.52 Å². The molecule has 0 fully saturated rings. The van der Waals surface area contributed by atoms with Crippen molar-refractivity contribution in [1.29, 1.82) is 0 Å². The van der Waals surface area contributed by atoms with Gasteiger partial charge in [0.1, 0.15) is 11.3 Å². The van der Waals surface area contributed by atoms with Gasteiger partial charge in [-0.1, -0.05) is 23.5 Å². The number of nitrogens with zero attached hydrogens (tertiary/aromatic N) is 4. The fourth-order valence-electron chi connectivity index (χ4n) is 3.15. The van der Waals surface area contributed by atoms with Crippen molar-refractivity contribution in [3.8, 4) is 0 Å². The summed E-state index contributed by atoms with van der Waals surface area (Å²) >= 11 is 1.22.